The van der Waals surface area contributed by atoms with Gasteiger partial charge in [0.25, 0.3) is 0 Å². The van der Waals surface area contributed by atoms with Crippen molar-refractivity contribution in [3.63, 3.8) is 0 Å². The van der Waals surface area contributed by atoms with Crippen LogP contribution in [0.25, 0.3) is 0 Å². The van der Waals surface area contributed by atoms with E-state index in [2.05, 4.69) is 11.9 Å². The fourth-order valence-corrected chi connectivity index (χ4v) is 2.47. The lowest BCUT2D eigenvalue weighted by Gasteiger charge is -2.29. The van der Waals surface area contributed by atoms with Crippen LogP contribution in [0.15, 0.2) is 18.2 Å². The highest BCUT2D eigenvalue weighted by Crippen LogP contribution is 2.33. The number of benzene rings is 1. The van der Waals surface area contributed by atoms with Crippen molar-refractivity contribution in [3.8, 4) is 0 Å². The summed E-state index contributed by atoms with van der Waals surface area (Å²) in [5.74, 6) is 0.581. The molecule has 2 nitrogen and oxygen atoms in total. The van der Waals surface area contributed by atoms with Crippen LogP contribution in [-0.4, -0.2) is 25.0 Å². The van der Waals surface area contributed by atoms with Gasteiger partial charge in [-0.3, -0.25) is 0 Å². The van der Waals surface area contributed by atoms with Gasteiger partial charge in [0.05, 0.1) is 0 Å². The van der Waals surface area contributed by atoms with E-state index >= 15 is 0 Å². The van der Waals surface area contributed by atoms with Crippen molar-refractivity contribution in [1.82, 2.24) is 4.90 Å². The third-order valence-corrected chi connectivity index (χ3v) is 3.52. The molecule has 1 heterocycles. The maximum atomic E-state index is 6.20. The molecule has 3 heteroatoms. The fourth-order valence-electron chi connectivity index (χ4n) is 2.19. The van der Waals surface area contributed by atoms with Gasteiger partial charge in [0, 0.05) is 10.7 Å². The zero-order valence-corrected chi connectivity index (χ0v) is 9.80. The number of hydrogen-bond acceptors (Lipinski definition) is 2. The summed E-state index contributed by atoms with van der Waals surface area (Å²) in [6, 6.07) is 5.80. The second-order valence-corrected chi connectivity index (χ2v) is 4.77. The molecule has 1 fully saturated rings. The van der Waals surface area contributed by atoms with Gasteiger partial charge >= 0.3 is 0 Å². The molecule has 2 rings (SSSR count). The second kappa shape index (κ2) is 4.42. The summed E-state index contributed by atoms with van der Waals surface area (Å²) in [6.45, 7) is 2.30. The lowest BCUT2D eigenvalue weighted by atomic mass is 9.89. The Hall–Kier alpha value is -0.730. The molecule has 2 N–H and O–H groups in total. The standard InChI is InChI=1S/C12H17ClN2/c1-15-6-4-9(5-7-15)11-8-10(14)2-3-12(11)13/h2-3,8-9H,4-7,14H2,1H3. The molecule has 1 aromatic rings. The molecule has 0 unspecified atom stereocenters. The maximum Gasteiger partial charge on any atom is 0.0442 e. The lowest BCUT2D eigenvalue weighted by molar-refractivity contribution is 0.255. The molecular weight excluding hydrogens is 208 g/mol. The Morgan fingerprint density at radius 2 is 2.00 bits per heavy atom. The third kappa shape index (κ3) is 2.44. The summed E-state index contributed by atoms with van der Waals surface area (Å²) in [7, 11) is 2.16. The monoisotopic (exact) mass is 224 g/mol. The summed E-state index contributed by atoms with van der Waals surface area (Å²) in [4.78, 5) is 2.36. The molecule has 0 bridgehead atoms. The Bertz CT molecular complexity index is 343. The molecule has 0 aliphatic carbocycles. The van der Waals surface area contributed by atoms with Gasteiger partial charge in [-0.1, -0.05) is 11.6 Å². The molecule has 15 heavy (non-hydrogen) atoms. The molecule has 0 saturated carbocycles. The zero-order chi connectivity index (χ0) is 10.8. The van der Waals surface area contributed by atoms with Gasteiger partial charge in [-0.2, -0.15) is 0 Å². The predicted octanol–water partition coefficient (Wildman–Crippen LogP) is 2.73. The quantitative estimate of drug-likeness (QED) is 0.744. The van der Waals surface area contributed by atoms with Gasteiger partial charge in [0.15, 0.2) is 0 Å². The Morgan fingerprint density at radius 3 is 2.67 bits per heavy atom. The number of rotatable bonds is 1. The Labute approximate surface area is 96.0 Å². The van der Waals surface area contributed by atoms with Gasteiger partial charge in [-0.05, 0) is 62.7 Å². The van der Waals surface area contributed by atoms with Crippen LogP contribution in [0.1, 0.15) is 24.3 Å². The number of nitrogens with zero attached hydrogens (tertiary/aromatic N) is 1. The molecule has 82 valence electrons. The van der Waals surface area contributed by atoms with Gasteiger partial charge in [-0.15, -0.1) is 0 Å². The number of hydrogen-bond donors (Lipinski definition) is 1. The first-order valence-electron chi connectivity index (χ1n) is 5.40. The highest BCUT2D eigenvalue weighted by Gasteiger charge is 2.20. The number of anilines is 1. The number of piperidine rings is 1. The highest BCUT2D eigenvalue weighted by atomic mass is 35.5. The molecule has 0 spiro atoms. The average Bonchev–Trinajstić information content (AvgIpc) is 2.23. The minimum Gasteiger partial charge on any atom is -0.399 e. The van der Waals surface area contributed by atoms with Crippen LogP contribution < -0.4 is 5.73 Å². The van der Waals surface area contributed by atoms with Crippen LogP contribution in [-0.2, 0) is 0 Å². The normalized spacial score (nSPS) is 19.3. The van der Waals surface area contributed by atoms with Crippen molar-refractivity contribution < 1.29 is 0 Å². The summed E-state index contributed by atoms with van der Waals surface area (Å²) < 4.78 is 0. The van der Waals surface area contributed by atoms with E-state index in [-0.39, 0.29) is 0 Å². The first-order valence-corrected chi connectivity index (χ1v) is 5.78. The van der Waals surface area contributed by atoms with E-state index in [1.54, 1.807) is 0 Å². The van der Waals surface area contributed by atoms with Crippen molar-refractivity contribution in [1.29, 1.82) is 0 Å². The molecule has 1 saturated heterocycles. The Kier molecular flexibility index (Phi) is 3.17. The summed E-state index contributed by atoms with van der Waals surface area (Å²) >= 11 is 6.20. The average molecular weight is 225 g/mol. The second-order valence-electron chi connectivity index (χ2n) is 4.36. The molecule has 1 aliphatic rings. The molecular formula is C12H17ClN2. The van der Waals surface area contributed by atoms with Crippen molar-refractivity contribution in [2.75, 3.05) is 25.9 Å². The van der Waals surface area contributed by atoms with Crippen molar-refractivity contribution >= 4 is 17.3 Å². The van der Waals surface area contributed by atoms with E-state index in [9.17, 15) is 0 Å². The van der Waals surface area contributed by atoms with Gasteiger partial charge in [-0.25, -0.2) is 0 Å². The van der Waals surface area contributed by atoms with E-state index in [0.717, 1.165) is 23.8 Å². The van der Waals surface area contributed by atoms with Crippen molar-refractivity contribution in [2.45, 2.75) is 18.8 Å². The molecule has 1 aromatic carbocycles. The number of likely N-dealkylation sites (tertiary alicyclic amines) is 1. The van der Waals surface area contributed by atoms with Gasteiger partial charge in [0.2, 0.25) is 0 Å². The predicted molar refractivity (Wildman–Crippen MR) is 65.3 cm³/mol. The summed E-state index contributed by atoms with van der Waals surface area (Å²) in [5, 5.41) is 0.860. The minimum atomic E-state index is 0.581. The van der Waals surface area contributed by atoms with Crippen LogP contribution in [0.2, 0.25) is 5.02 Å². The van der Waals surface area contributed by atoms with Crippen molar-refractivity contribution in [3.05, 3.63) is 28.8 Å². The van der Waals surface area contributed by atoms with E-state index in [1.165, 1.54) is 18.4 Å². The smallest absolute Gasteiger partial charge is 0.0442 e. The van der Waals surface area contributed by atoms with Gasteiger partial charge in [0.1, 0.15) is 0 Å². The summed E-state index contributed by atoms with van der Waals surface area (Å²) in [5.41, 5.74) is 7.83. The van der Waals surface area contributed by atoms with E-state index in [1.807, 2.05) is 18.2 Å². The Morgan fingerprint density at radius 1 is 1.33 bits per heavy atom. The lowest BCUT2D eigenvalue weighted by Crippen LogP contribution is -2.29. The minimum absolute atomic E-state index is 0.581. The van der Waals surface area contributed by atoms with Crippen LogP contribution >= 0.6 is 11.6 Å². The number of nitrogens with two attached hydrogens (primary N) is 1. The molecule has 0 amide bonds. The van der Waals surface area contributed by atoms with E-state index < -0.39 is 0 Å². The fraction of sp³-hybridized carbons (Fsp3) is 0.500. The van der Waals surface area contributed by atoms with Crippen LogP contribution in [0.5, 0.6) is 0 Å². The largest absolute Gasteiger partial charge is 0.399 e. The Balaban J connectivity index is 2.18. The highest BCUT2D eigenvalue weighted by molar-refractivity contribution is 6.31. The number of nitrogen functional groups attached to an aromatic ring is 1. The molecule has 0 radical (unpaired) electrons. The number of halogens is 1. The van der Waals surface area contributed by atoms with E-state index in [4.69, 9.17) is 17.3 Å². The van der Waals surface area contributed by atoms with Crippen LogP contribution in [0.4, 0.5) is 5.69 Å². The van der Waals surface area contributed by atoms with E-state index in [0.29, 0.717) is 5.92 Å². The van der Waals surface area contributed by atoms with Crippen molar-refractivity contribution in [2.24, 2.45) is 0 Å². The van der Waals surface area contributed by atoms with Gasteiger partial charge < -0.3 is 10.6 Å². The first kappa shape index (κ1) is 10.8. The van der Waals surface area contributed by atoms with Crippen LogP contribution in [0, 0.1) is 0 Å². The molecule has 0 aromatic heterocycles. The van der Waals surface area contributed by atoms with Crippen LogP contribution in [0.3, 0.4) is 0 Å². The maximum absolute atomic E-state index is 6.20. The summed E-state index contributed by atoms with van der Waals surface area (Å²) in [6.07, 6.45) is 2.36. The topological polar surface area (TPSA) is 29.3 Å². The molecule has 0 atom stereocenters. The first-order chi connectivity index (χ1) is 7.16. The zero-order valence-electron chi connectivity index (χ0n) is 9.04. The third-order valence-electron chi connectivity index (χ3n) is 3.18. The SMILES string of the molecule is CN1CCC(c2cc(N)ccc2Cl)CC1. The molecule has 1 aliphatic heterocycles.